The molecule has 1 aliphatic heterocycles. The van der Waals surface area contributed by atoms with Gasteiger partial charge in [-0.05, 0) is 6.92 Å². The molecule has 1 aliphatic rings. The minimum absolute atomic E-state index is 0.241. The van der Waals surface area contributed by atoms with Crippen molar-refractivity contribution < 1.29 is 9.59 Å². The van der Waals surface area contributed by atoms with Crippen LogP contribution in [0.4, 0.5) is 16.3 Å². The van der Waals surface area contributed by atoms with Crippen LogP contribution < -0.4 is 15.5 Å². The molecule has 7 nitrogen and oxygen atoms in total. The van der Waals surface area contributed by atoms with Gasteiger partial charge < -0.3 is 10.6 Å². The second kappa shape index (κ2) is 4.16. The van der Waals surface area contributed by atoms with E-state index < -0.39 is 0 Å². The van der Waals surface area contributed by atoms with Crippen molar-refractivity contribution in [1.29, 1.82) is 0 Å². The second-order valence-corrected chi connectivity index (χ2v) is 4.94. The third-order valence-electron chi connectivity index (χ3n) is 2.95. The molecule has 2 aromatic heterocycles. The molecule has 0 unspecified atom stereocenters. The summed E-state index contributed by atoms with van der Waals surface area (Å²) in [6, 6.07) is -0.279. The van der Waals surface area contributed by atoms with E-state index in [1.54, 1.807) is 7.05 Å². The van der Waals surface area contributed by atoms with Crippen molar-refractivity contribution in [3.8, 4) is 0 Å². The van der Waals surface area contributed by atoms with E-state index in [1.807, 2.05) is 6.92 Å². The Balaban J connectivity index is 2.33. The van der Waals surface area contributed by atoms with Crippen molar-refractivity contribution in [1.82, 2.24) is 15.3 Å². The number of hydrogen-bond donors (Lipinski definition) is 2. The largest absolute Gasteiger partial charge is 0.354 e. The molecule has 0 aromatic carbocycles. The van der Waals surface area contributed by atoms with Crippen molar-refractivity contribution in [3.63, 3.8) is 0 Å². The Kier molecular flexibility index (Phi) is 2.59. The van der Waals surface area contributed by atoms with Crippen LogP contribution in [-0.4, -0.2) is 35.5 Å². The zero-order valence-electron chi connectivity index (χ0n) is 10.4. The average Bonchev–Trinajstić information content (AvgIpc) is 2.78. The number of carbonyl (C=O) groups is 2. The minimum atomic E-state index is -0.279. The second-order valence-electron chi connectivity index (χ2n) is 3.94. The van der Waals surface area contributed by atoms with Gasteiger partial charge >= 0.3 is 6.03 Å². The zero-order chi connectivity index (χ0) is 13.6. The summed E-state index contributed by atoms with van der Waals surface area (Å²) in [5, 5.41) is 6.03. The Morgan fingerprint density at radius 3 is 3.00 bits per heavy atom. The predicted molar refractivity (Wildman–Crippen MR) is 72.8 cm³/mol. The lowest BCUT2D eigenvalue weighted by molar-refractivity contribution is 0.0968. The number of amides is 3. The first kappa shape index (κ1) is 11.8. The third-order valence-corrected chi connectivity index (χ3v) is 4.05. The topological polar surface area (TPSA) is 87.2 Å². The van der Waals surface area contributed by atoms with E-state index in [9.17, 15) is 9.59 Å². The first-order valence-electron chi connectivity index (χ1n) is 5.75. The summed E-state index contributed by atoms with van der Waals surface area (Å²) in [7, 11) is 1.55. The lowest BCUT2D eigenvalue weighted by Crippen LogP contribution is -2.38. The minimum Gasteiger partial charge on any atom is -0.354 e. The zero-order valence-corrected chi connectivity index (χ0v) is 11.2. The van der Waals surface area contributed by atoms with Gasteiger partial charge in [-0.25, -0.2) is 14.8 Å². The highest BCUT2D eigenvalue weighted by molar-refractivity contribution is 7.21. The first-order chi connectivity index (χ1) is 9.17. The number of anilines is 2. The molecule has 19 heavy (non-hydrogen) atoms. The van der Waals surface area contributed by atoms with E-state index in [4.69, 9.17) is 0 Å². The molecular weight excluding hydrogens is 266 g/mol. The van der Waals surface area contributed by atoms with Gasteiger partial charge in [-0.2, -0.15) is 0 Å². The molecule has 0 aliphatic carbocycles. The van der Waals surface area contributed by atoms with Crippen LogP contribution in [-0.2, 0) is 0 Å². The van der Waals surface area contributed by atoms with Crippen molar-refractivity contribution >= 4 is 45.0 Å². The van der Waals surface area contributed by atoms with Crippen molar-refractivity contribution in [3.05, 3.63) is 11.2 Å². The lowest BCUT2D eigenvalue weighted by atomic mass is 10.2. The Labute approximate surface area is 112 Å². The molecule has 98 valence electrons. The predicted octanol–water partition coefficient (Wildman–Crippen LogP) is 1.42. The van der Waals surface area contributed by atoms with Gasteiger partial charge in [0.05, 0.1) is 11.1 Å². The molecule has 0 atom stereocenters. The quantitative estimate of drug-likeness (QED) is 0.869. The van der Waals surface area contributed by atoms with Crippen LogP contribution in [0.25, 0.3) is 10.2 Å². The van der Waals surface area contributed by atoms with E-state index in [-0.39, 0.29) is 11.9 Å². The fourth-order valence-corrected chi connectivity index (χ4v) is 3.12. The van der Waals surface area contributed by atoms with Gasteiger partial charge in [0.2, 0.25) is 0 Å². The van der Waals surface area contributed by atoms with Gasteiger partial charge in [-0.1, -0.05) is 0 Å². The number of urea groups is 1. The Morgan fingerprint density at radius 2 is 2.32 bits per heavy atom. The summed E-state index contributed by atoms with van der Waals surface area (Å²) in [6.45, 7) is 2.37. The van der Waals surface area contributed by atoms with Crippen molar-refractivity contribution in [2.75, 3.05) is 23.8 Å². The number of hydrogen-bond acceptors (Lipinski definition) is 5. The number of thiophene rings is 1. The number of aromatic nitrogens is 2. The fraction of sp³-hybridized carbons (Fsp3) is 0.273. The van der Waals surface area contributed by atoms with Crippen LogP contribution in [0.2, 0.25) is 0 Å². The summed E-state index contributed by atoms with van der Waals surface area (Å²) in [6.07, 6.45) is 1.41. The number of carbonyl (C=O) groups excluding carboxylic acids is 2. The van der Waals surface area contributed by atoms with E-state index in [2.05, 4.69) is 20.6 Å². The summed E-state index contributed by atoms with van der Waals surface area (Å²) in [4.78, 5) is 34.9. The number of nitrogens with zero attached hydrogens (tertiary/aromatic N) is 3. The highest BCUT2D eigenvalue weighted by Gasteiger charge is 2.31. The number of rotatable bonds is 2. The van der Waals surface area contributed by atoms with Gasteiger partial charge in [0.1, 0.15) is 16.0 Å². The summed E-state index contributed by atoms with van der Waals surface area (Å²) < 4.78 is 0. The Morgan fingerprint density at radius 1 is 1.53 bits per heavy atom. The van der Waals surface area contributed by atoms with Gasteiger partial charge in [0.15, 0.2) is 5.82 Å². The molecular formula is C11H11N5O2S. The Hall–Kier alpha value is -2.22. The van der Waals surface area contributed by atoms with Gasteiger partial charge in [0, 0.05) is 13.6 Å². The van der Waals surface area contributed by atoms with Crippen molar-refractivity contribution in [2.24, 2.45) is 0 Å². The Bertz CT molecular complexity index is 696. The molecule has 2 aromatic rings. The lowest BCUT2D eigenvalue weighted by Gasteiger charge is -2.25. The highest BCUT2D eigenvalue weighted by atomic mass is 32.1. The molecule has 2 N–H and O–H groups in total. The monoisotopic (exact) mass is 277 g/mol. The average molecular weight is 277 g/mol. The van der Waals surface area contributed by atoms with Crippen LogP contribution in [0, 0.1) is 0 Å². The molecule has 0 saturated carbocycles. The van der Waals surface area contributed by atoms with E-state index in [0.29, 0.717) is 27.8 Å². The van der Waals surface area contributed by atoms with E-state index in [1.165, 1.54) is 22.6 Å². The molecule has 0 bridgehead atoms. The molecule has 3 amide bonds. The van der Waals surface area contributed by atoms with Crippen LogP contribution >= 0.6 is 11.3 Å². The van der Waals surface area contributed by atoms with E-state index in [0.717, 1.165) is 5.39 Å². The smallest absolute Gasteiger partial charge is 0.327 e. The maximum Gasteiger partial charge on any atom is 0.327 e. The molecule has 3 heterocycles. The maximum atomic E-state index is 12.0. The maximum absolute atomic E-state index is 12.0. The summed E-state index contributed by atoms with van der Waals surface area (Å²) in [5.74, 6) is 0.312. The van der Waals surface area contributed by atoms with Crippen molar-refractivity contribution in [2.45, 2.75) is 6.92 Å². The normalized spacial score (nSPS) is 13.6. The van der Waals surface area contributed by atoms with Gasteiger partial charge in [-0.15, -0.1) is 11.3 Å². The van der Waals surface area contributed by atoms with Crippen LogP contribution in [0.3, 0.4) is 0 Å². The molecule has 0 saturated heterocycles. The molecule has 0 spiro atoms. The molecule has 3 rings (SSSR count). The van der Waals surface area contributed by atoms with Crippen LogP contribution in [0.5, 0.6) is 0 Å². The van der Waals surface area contributed by atoms with Gasteiger partial charge in [-0.3, -0.25) is 9.69 Å². The molecule has 8 heteroatoms. The summed E-state index contributed by atoms with van der Waals surface area (Å²) in [5.41, 5.74) is 0.504. The molecule has 0 fully saturated rings. The van der Waals surface area contributed by atoms with Gasteiger partial charge in [0.25, 0.3) is 5.91 Å². The SMILES string of the molecule is CCN1C(=O)Nc2c(C(=O)NC)sc3ncnc1c23. The summed E-state index contributed by atoms with van der Waals surface area (Å²) >= 11 is 1.25. The standard InChI is InChI=1S/C11H11N5O2S/c1-3-16-8-5-6(15-11(16)18)7(9(17)12-2)19-10(5)14-4-13-8/h4H,3H2,1-2H3,(H,12,17)(H,15,18). The van der Waals surface area contributed by atoms with Crippen LogP contribution in [0.15, 0.2) is 6.33 Å². The van der Waals surface area contributed by atoms with Crippen LogP contribution in [0.1, 0.15) is 16.6 Å². The molecule has 0 radical (unpaired) electrons. The van der Waals surface area contributed by atoms with E-state index >= 15 is 0 Å². The number of nitrogens with one attached hydrogen (secondary N) is 2. The third kappa shape index (κ3) is 1.56. The first-order valence-corrected chi connectivity index (χ1v) is 6.57. The fourth-order valence-electron chi connectivity index (χ4n) is 2.08. The highest BCUT2D eigenvalue weighted by Crippen LogP contribution is 2.42.